The van der Waals surface area contributed by atoms with Crippen LogP contribution in [-0.2, 0) is 5.66 Å². The first kappa shape index (κ1) is 12.8. The van der Waals surface area contributed by atoms with Gasteiger partial charge in [0.1, 0.15) is 0 Å². The van der Waals surface area contributed by atoms with Gasteiger partial charge in [0, 0.05) is 12.1 Å². The van der Waals surface area contributed by atoms with Crippen molar-refractivity contribution in [1.82, 2.24) is 16.2 Å². The maximum atomic E-state index is 12.8. The third-order valence-electron chi connectivity index (χ3n) is 2.72. The molecule has 1 fully saturated rings. The molecule has 0 saturated carbocycles. The Labute approximate surface area is 102 Å². The molecule has 0 atom stereocenters. The summed E-state index contributed by atoms with van der Waals surface area (Å²) in [6.07, 6.45) is -4.43. The Morgan fingerprint density at radius 2 is 1.83 bits per heavy atom. The van der Waals surface area contributed by atoms with Gasteiger partial charge >= 0.3 is 6.18 Å². The van der Waals surface area contributed by atoms with Crippen molar-refractivity contribution in [2.24, 2.45) is 0 Å². The summed E-state index contributed by atoms with van der Waals surface area (Å²) < 4.78 is 38.3. The second-order valence-corrected chi connectivity index (χ2v) is 3.93. The summed E-state index contributed by atoms with van der Waals surface area (Å²) in [5.74, 6) is -0.304. The number of carbonyl (C=O) groups is 1. The van der Waals surface area contributed by atoms with E-state index in [0.29, 0.717) is 12.1 Å². The predicted octanol–water partition coefficient (Wildman–Crippen LogP) is 1.26. The molecule has 4 nitrogen and oxygen atoms in total. The lowest BCUT2D eigenvalue weighted by Gasteiger charge is -2.16. The van der Waals surface area contributed by atoms with Gasteiger partial charge in [-0.2, -0.15) is 13.2 Å². The van der Waals surface area contributed by atoms with Crippen LogP contribution in [0.5, 0.6) is 0 Å². The van der Waals surface area contributed by atoms with E-state index in [4.69, 9.17) is 0 Å². The van der Waals surface area contributed by atoms with Gasteiger partial charge in [-0.15, -0.1) is 0 Å². The van der Waals surface area contributed by atoms with E-state index in [1.807, 2.05) is 0 Å². The Balaban J connectivity index is 2.21. The van der Waals surface area contributed by atoms with E-state index >= 15 is 0 Å². The molecule has 1 aromatic carbocycles. The highest BCUT2D eigenvalue weighted by Crippen LogP contribution is 2.41. The number of amides is 1. The lowest BCUT2D eigenvalue weighted by molar-refractivity contribution is -0.165. The first-order chi connectivity index (χ1) is 8.40. The second-order valence-electron chi connectivity index (χ2n) is 3.93. The Hall–Kier alpha value is -1.60. The van der Waals surface area contributed by atoms with Crippen LogP contribution in [0.25, 0.3) is 0 Å². The van der Waals surface area contributed by atoms with Gasteiger partial charge in [0.25, 0.3) is 5.91 Å². The van der Waals surface area contributed by atoms with Gasteiger partial charge in [0.2, 0.25) is 5.66 Å². The smallest absolute Gasteiger partial charge is 0.352 e. The third kappa shape index (κ3) is 2.06. The predicted molar refractivity (Wildman–Crippen MR) is 58.5 cm³/mol. The maximum absolute atomic E-state index is 12.8. The van der Waals surface area contributed by atoms with Crippen LogP contribution in [0.1, 0.15) is 22.8 Å². The molecule has 98 valence electrons. The molecule has 0 aliphatic carbocycles. The largest absolute Gasteiger partial charge is 0.426 e. The number of benzene rings is 1. The first-order valence-corrected chi connectivity index (χ1v) is 5.40. The van der Waals surface area contributed by atoms with Gasteiger partial charge in [-0.1, -0.05) is 12.1 Å². The van der Waals surface area contributed by atoms with Crippen molar-refractivity contribution in [3.63, 3.8) is 0 Å². The fourth-order valence-corrected chi connectivity index (χ4v) is 1.65. The Morgan fingerprint density at radius 1 is 1.28 bits per heavy atom. The Morgan fingerprint density at radius 3 is 2.22 bits per heavy atom. The minimum atomic E-state index is -4.43. The molecular formula is C11H12F3N3O. The lowest BCUT2D eigenvalue weighted by atomic mass is 10.0. The van der Waals surface area contributed by atoms with Crippen LogP contribution < -0.4 is 16.2 Å². The van der Waals surface area contributed by atoms with Gasteiger partial charge in [-0.25, -0.2) is 10.9 Å². The number of halogens is 3. The van der Waals surface area contributed by atoms with Gasteiger partial charge in [-0.3, -0.25) is 4.79 Å². The minimum absolute atomic E-state index is 0.0306. The van der Waals surface area contributed by atoms with Crippen LogP contribution >= 0.6 is 0 Å². The monoisotopic (exact) mass is 259 g/mol. The van der Waals surface area contributed by atoms with Crippen LogP contribution in [0.3, 0.4) is 0 Å². The van der Waals surface area contributed by atoms with Crippen molar-refractivity contribution in [2.75, 3.05) is 6.54 Å². The van der Waals surface area contributed by atoms with Crippen molar-refractivity contribution >= 4 is 5.91 Å². The van der Waals surface area contributed by atoms with E-state index in [2.05, 4.69) is 16.2 Å². The van der Waals surface area contributed by atoms with E-state index < -0.39 is 11.8 Å². The molecular weight excluding hydrogens is 247 g/mol. The third-order valence-corrected chi connectivity index (χ3v) is 2.72. The number of hydrogen-bond donors (Lipinski definition) is 3. The summed E-state index contributed by atoms with van der Waals surface area (Å²) in [6, 6.07) is 5.31. The van der Waals surface area contributed by atoms with Crippen LogP contribution in [0.15, 0.2) is 24.3 Å². The summed E-state index contributed by atoms with van der Waals surface area (Å²) in [5.41, 5.74) is 2.39. The molecule has 1 amide bonds. The van der Waals surface area contributed by atoms with Gasteiger partial charge < -0.3 is 5.32 Å². The molecule has 3 N–H and O–H groups in total. The van der Waals surface area contributed by atoms with Crippen LogP contribution in [-0.4, -0.2) is 18.6 Å². The molecule has 0 unspecified atom stereocenters. The van der Waals surface area contributed by atoms with E-state index in [0.717, 1.165) is 0 Å². The standard InChI is InChI=1S/C11H12F3N3O/c1-2-15-9(18)7-3-5-8(6-4-7)10(16-17-10)11(12,13)14/h3-6,16-17H,2H2,1H3,(H,15,18). The molecule has 0 aromatic heterocycles. The van der Waals surface area contributed by atoms with Crippen molar-refractivity contribution in [1.29, 1.82) is 0 Å². The van der Waals surface area contributed by atoms with E-state index in [1.165, 1.54) is 24.3 Å². The lowest BCUT2D eigenvalue weighted by Crippen LogP contribution is -2.34. The second kappa shape index (κ2) is 4.25. The van der Waals surface area contributed by atoms with Gasteiger partial charge in [0.05, 0.1) is 0 Å². The van der Waals surface area contributed by atoms with Crippen molar-refractivity contribution in [2.45, 2.75) is 18.8 Å². The molecule has 18 heavy (non-hydrogen) atoms. The zero-order valence-corrected chi connectivity index (χ0v) is 9.56. The average Bonchev–Trinajstić information content (AvgIpc) is 3.10. The zero-order chi connectivity index (χ0) is 13.4. The van der Waals surface area contributed by atoms with E-state index in [1.54, 1.807) is 6.92 Å². The molecule has 1 heterocycles. The number of nitrogens with one attached hydrogen (secondary N) is 3. The molecule has 1 aliphatic heterocycles. The average molecular weight is 259 g/mol. The van der Waals surface area contributed by atoms with E-state index in [9.17, 15) is 18.0 Å². The Kier molecular flexibility index (Phi) is 3.04. The quantitative estimate of drug-likeness (QED) is 0.715. The molecule has 0 radical (unpaired) electrons. The highest BCUT2D eigenvalue weighted by atomic mass is 19.4. The number of rotatable bonds is 3. The van der Waals surface area contributed by atoms with Crippen molar-refractivity contribution in [3.05, 3.63) is 35.4 Å². The van der Waals surface area contributed by atoms with Crippen LogP contribution in [0.4, 0.5) is 13.2 Å². The van der Waals surface area contributed by atoms with Gasteiger partial charge in [0.15, 0.2) is 0 Å². The summed E-state index contributed by atoms with van der Waals surface area (Å²) in [4.78, 5) is 11.5. The van der Waals surface area contributed by atoms with Crippen LogP contribution in [0.2, 0.25) is 0 Å². The highest BCUT2D eigenvalue weighted by Gasteiger charge is 2.65. The Bertz CT molecular complexity index is 452. The topological polar surface area (TPSA) is 73.0 Å². The zero-order valence-electron chi connectivity index (χ0n) is 9.56. The number of hydrogen-bond acceptors (Lipinski definition) is 3. The molecule has 1 aliphatic rings. The highest BCUT2D eigenvalue weighted by molar-refractivity contribution is 5.94. The van der Waals surface area contributed by atoms with Gasteiger partial charge in [-0.05, 0) is 24.6 Å². The fourth-order valence-electron chi connectivity index (χ4n) is 1.65. The SMILES string of the molecule is CCNC(=O)c1ccc(C2(C(F)(F)F)NN2)cc1. The fraction of sp³-hybridized carbons (Fsp3) is 0.364. The normalized spacial score (nSPS) is 17.3. The molecule has 2 rings (SSSR count). The molecule has 0 bridgehead atoms. The summed E-state index contributed by atoms with van der Waals surface area (Å²) in [6.45, 7) is 2.24. The van der Waals surface area contributed by atoms with E-state index in [-0.39, 0.29) is 11.5 Å². The molecule has 7 heteroatoms. The summed E-state index contributed by atoms with van der Waals surface area (Å²) in [7, 11) is 0. The molecule has 1 aromatic rings. The first-order valence-electron chi connectivity index (χ1n) is 5.40. The molecule has 0 spiro atoms. The molecule has 1 saturated heterocycles. The summed E-state index contributed by atoms with van der Waals surface area (Å²) in [5, 5.41) is 2.57. The number of hydrazine groups is 1. The minimum Gasteiger partial charge on any atom is -0.352 e. The number of carbonyl (C=O) groups excluding carboxylic acids is 1. The maximum Gasteiger partial charge on any atom is 0.426 e. The number of alkyl halides is 3. The van der Waals surface area contributed by atoms with Crippen LogP contribution in [0, 0.1) is 0 Å². The van der Waals surface area contributed by atoms with Crippen molar-refractivity contribution < 1.29 is 18.0 Å². The summed E-state index contributed by atoms with van der Waals surface area (Å²) >= 11 is 0. The van der Waals surface area contributed by atoms with Crippen molar-refractivity contribution in [3.8, 4) is 0 Å².